The van der Waals surface area contributed by atoms with Crippen LogP contribution in [0.1, 0.15) is 24.5 Å². The summed E-state index contributed by atoms with van der Waals surface area (Å²) in [4.78, 5) is 0.143. The minimum Gasteiger partial charge on any atom is -0.387 e. The van der Waals surface area contributed by atoms with E-state index < -0.39 is 15.6 Å². The maximum absolute atomic E-state index is 12.4. The first-order valence-corrected chi connectivity index (χ1v) is 7.50. The van der Waals surface area contributed by atoms with Crippen LogP contribution >= 0.6 is 0 Å². The fourth-order valence-electron chi connectivity index (χ4n) is 2.09. The van der Waals surface area contributed by atoms with Crippen LogP contribution in [0.3, 0.4) is 0 Å². The van der Waals surface area contributed by atoms with Gasteiger partial charge in [0.1, 0.15) is 0 Å². The molecule has 0 aliphatic carbocycles. The van der Waals surface area contributed by atoms with Gasteiger partial charge in [-0.2, -0.15) is 9.57 Å². The number of hydrogen-bond donors (Lipinski definition) is 1. The third-order valence-corrected chi connectivity index (χ3v) is 5.47. The quantitative estimate of drug-likeness (QED) is 0.896. The molecule has 0 spiro atoms. The number of rotatable bonds is 3. The Morgan fingerprint density at radius 2 is 2.11 bits per heavy atom. The summed E-state index contributed by atoms with van der Waals surface area (Å²) in [7, 11) is -3.62. The minimum absolute atomic E-state index is 0.113. The highest BCUT2D eigenvalue weighted by Gasteiger charge is 2.46. The van der Waals surface area contributed by atoms with Crippen LogP contribution in [0.15, 0.2) is 23.1 Å². The lowest BCUT2D eigenvalue weighted by Crippen LogP contribution is -2.62. The molecule has 1 fully saturated rings. The first-order valence-electron chi connectivity index (χ1n) is 6.06. The number of aryl methyl sites for hydroxylation is 1. The lowest BCUT2D eigenvalue weighted by molar-refractivity contribution is -0.0613. The molecule has 1 saturated heterocycles. The summed E-state index contributed by atoms with van der Waals surface area (Å²) >= 11 is 0. The number of β-amino-alcohol motifs (C(OH)–C–C–N with tert-alkyl or cyclic N) is 1. The van der Waals surface area contributed by atoms with E-state index in [9.17, 15) is 13.5 Å². The summed E-state index contributed by atoms with van der Waals surface area (Å²) in [5.74, 6) is 0. The van der Waals surface area contributed by atoms with E-state index in [-0.39, 0.29) is 18.0 Å². The highest BCUT2D eigenvalue weighted by molar-refractivity contribution is 7.89. The number of benzene rings is 1. The largest absolute Gasteiger partial charge is 0.387 e. The summed E-state index contributed by atoms with van der Waals surface area (Å²) in [5, 5.41) is 18.8. The second kappa shape index (κ2) is 4.60. The molecule has 1 aromatic carbocycles. The molecule has 1 aliphatic heterocycles. The van der Waals surface area contributed by atoms with E-state index in [1.807, 2.05) is 13.0 Å². The van der Waals surface area contributed by atoms with Gasteiger partial charge in [-0.3, -0.25) is 0 Å². The first kappa shape index (κ1) is 14.0. The molecule has 1 heterocycles. The molecule has 0 atom stereocenters. The monoisotopic (exact) mass is 280 g/mol. The van der Waals surface area contributed by atoms with Crippen LogP contribution in [0, 0.1) is 18.3 Å². The Labute approximate surface area is 113 Å². The van der Waals surface area contributed by atoms with Crippen molar-refractivity contribution in [3.8, 4) is 6.07 Å². The predicted octanol–water partition coefficient (Wildman–Crippen LogP) is 1.01. The second-order valence-corrected chi connectivity index (χ2v) is 6.85. The van der Waals surface area contributed by atoms with Crippen molar-refractivity contribution in [2.75, 3.05) is 13.1 Å². The van der Waals surface area contributed by atoms with Gasteiger partial charge in [0, 0.05) is 13.1 Å². The molecule has 102 valence electrons. The standard InChI is InChI=1S/C13H16N2O3S/c1-3-13(16)8-15(9-13)19(17,18)12-6-11(7-14)5-4-10(12)2/h4-6,16H,3,8-9H2,1-2H3. The molecule has 0 amide bonds. The van der Waals surface area contributed by atoms with E-state index in [0.29, 0.717) is 17.5 Å². The molecule has 0 aromatic heterocycles. The Morgan fingerprint density at radius 1 is 1.47 bits per heavy atom. The normalized spacial score (nSPS) is 18.6. The van der Waals surface area contributed by atoms with E-state index in [4.69, 9.17) is 5.26 Å². The van der Waals surface area contributed by atoms with Crippen LogP contribution in [-0.4, -0.2) is 36.5 Å². The minimum atomic E-state index is -3.62. The van der Waals surface area contributed by atoms with Crippen LogP contribution < -0.4 is 0 Å². The van der Waals surface area contributed by atoms with Gasteiger partial charge < -0.3 is 5.11 Å². The van der Waals surface area contributed by atoms with Gasteiger partial charge in [0.2, 0.25) is 10.0 Å². The number of hydrogen-bond acceptors (Lipinski definition) is 4. The maximum Gasteiger partial charge on any atom is 0.243 e. The molecule has 19 heavy (non-hydrogen) atoms. The second-order valence-electron chi connectivity index (χ2n) is 4.94. The molecule has 0 saturated carbocycles. The maximum atomic E-state index is 12.4. The molecular formula is C13H16N2O3S. The van der Waals surface area contributed by atoms with Crippen molar-refractivity contribution in [2.45, 2.75) is 30.8 Å². The Hall–Kier alpha value is -1.42. The van der Waals surface area contributed by atoms with E-state index in [2.05, 4.69) is 0 Å². The van der Waals surface area contributed by atoms with Gasteiger partial charge in [0.05, 0.1) is 22.1 Å². The van der Waals surface area contributed by atoms with Gasteiger partial charge in [0.15, 0.2) is 0 Å². The van der Waals surface area contributed by atoms with Crippen molar-refractivity contribution >= 4 is 10.0 Å². The lowest BCUT2D eigenvalue weighted by Gasteiger charge is -2.45. The lowest BCUT2D eigenvalue weighted by atomic mass is 9.94. The summed E-state index contributed by atoms with van der Waals surface area (Å²) < 4.78 is 26.1. The summed E-state index contributed by atoms with van der Waals surface area (Å²) in [5.41, 5.74) is 0.00904. The van der Waals surface area contributed by atoms with Crippen LogP contribution in [0.25, 0.3) is 0 Å². The van der Waals surface area contributed by atoms with Gasteiger partial charge in [-0.25, -0.2) is 8.42 Å². The Bertz CT molecular complexity index is 640. The molecule has 0 bridgehead atoms. The van der Waals surface area contributed by atoms with Crippen molar-refractivity contribution < 1.29 is 13.5 Å². The van der Waals surface area contributed by atoms with Crippen LogP contribution in [0.2, 0.25) is 0 Å². The molecule has 1 N–H and O–H groups in total. The van der Waals surface area contributed by atoms with Gasteiger partial charge in [0.25, 0.3) is 0 Å². The third-order valence-electron chi connectivity index (χ3n) is 3.53. The third kappa shape index (κ3) is 2.37. The summed E-state index contributed by atoms with van der Waals surface area (Å²) in [6, 6.07) is 6.53. The zero-order valence-electron chi connectivity index (χ0n) is 10.9. The Balaban J connectivity index is 2.35. The fourth-order valence-corrected chi connectivity index (χ4v) is 3.94. The highest BCUT2D eigenvalue weighted by atomic mass is 32.2. The Morgan fingerprint density at radius 3 is 2.63 bits per heavy atom. The van der Waals surface area contributed by atoms with Crippen molar-refractivity contribution in [1.82, 2.24) is 4.31 Å². The van der Waals surface area contributed by atoms with Gasteiger partial charge in [-0.1, -0.05) is 13.0 Å². The number of nitriles is 1. The SMILES string of the molecule is CCC1(O)CN(S(=O)(=O)c2cc(C#N)ccc2C)C1. The zero-order chi connectivity index (χ0) is 14.3. The van der Waals surface area contributed by atoms with E-state index in [1.165, 1.54) is 10.4 Å². The zero-order valence-corrected chi connectivity index (χ0v) is 11.7. The van der Waals surface area contributed by atoms with Crippen molar-refractivity contribution in [2.24, 2.45) is 0 Å². The van der Waals surface area contributed by atoms with E-state index in [1.54, 1.807) is 19.1 Å². The number of aliphatic hydroxyl groups is 1. The van der Waals surface area contributed by atoms with Crippen LogP contribution in [-0.2, 0) is 10.0 Å². The van der Waals surface area contributed by atoms with E-state index in [0.717, 1.165) is 0 Å². The number of sulfonamides is 1. The predicted molar refractivity (Wildman–Crippen MR) is 69.9 cm³/mol. The molecule has 6 heteroatoms. The van der Waals surface area contributed by atoms with Crippen molar-refractivity contribution in [3.63, 3.8) is 0 Å². The fraction of sp³-hybridized carbons (Fsp3) is 0.462. The average Bonchev–Trinajstić information content (AvgIpc) is 2.35. The van der Waals surface area contributed by atoms with Gasteiger partial charge >= 0.3 is 0 Å². The van der Waals surface area contributed by atoms with Crippen molar-refractivity contribution in [1.29, 1.82) is 5.26 Å². The summed E-state index contributed by atoms with van der Waals surface area (Å²) in [6.07, 6.45) is 0.524. The topological polar surface area (TPSA) is 81.4 Å². The van der Waals surface area contributed by atoms with Crippen LogP contribution in [0.5, 0.6) is 0 Å². The summed E-state index contributed by atoms with van der Waals surface area (Å²) in [6.45, 7) is 3.75. The molecule has 1 aromatic rings. The first-order chi connectivity index (χ1) is 8.82. The number of nitrogens with zero attached hydrogens (tertiary/aromatic N) is 2. The average molecular weight is 280 g/mol. The molecule has 2 rings (SSSR count). The Kier molecular flexibility index (Phi) is 3.39. The molecule has 0 unspecified atom stereocenters. The van der Waals surface area contributed by atoms with E-state index >= 15 is 0 Å². The van der Waals surface area contributed by atoms with Gasteiger partial charge in [-0.15, -0.1) is 0 Å². The van der Waals surface area contributed by atoms with Crippen molar-refractivity contribution in [3.05, 3.63) is 29.3 Å². The molecule has 0 radical (unpaired) electrons. The molecule has 5 nitrogen and oxygen atoms in total. The molecular weight excluding hydrogens is 264 g/mol. The molecule has 1 aliphatic rings. The van der Waals surface area contributed by atoms with Gasteiger partial charge in [-0.05, 0) is 31.0 Å². The highest BCUT2D eigenvalue weighted by Crippen LogP contribution is 2.31. The van der Waals surface area contributed by atoms with Crippen LogP contribution in [0.4, 0.5) is 0 Å². The smallest absolute Gasteiger partial charge is 0.243 e.